The van der Waals surface area contributed by atoms with Gasteiger partial charge in [-0.15, -0.1) is 0 Å². The normalized spacial score (nSPS) is 13.3. The Balaban J connectivity index is 2.45. The van der Waals surface area contributed by atoms with Gasteiger partial charge < -0.3 is 8.23 Å². The second kappa shape index (κ2) is 6.57. The number of rotatable bonds is 4. The van der Waals surface area contributed by atoms with Gasteiger partial charge in [0.15, 0.2) is 0 Å². The van der Waals surface area contributed by atoms with Crippen LogP contribution in [0.1, 0.15) is 0 Å². The summed E-state index contributed by atoms with van der Waals surface area (Å²) in [4.78, 5) is 0. The van der Waals surface area contributed by atoms with Crippen molar-refractivity contribution in [2.45, 2.75) is 6.04 Å². The van der Waals surface area contributed by atoms with Gasteiger partial charge in [0.2, 0.25) is 0 Å². The summed E-state index contributed by atoms with van der Waals surface area (Å²) in [7, 11) is 0.0971. The summed E-state index contributed by atoms with van der Waals surface area (Å²) < 4.78 is 10.1. The maximum atomic E-state index is 5.16. The van der Waals surface area contributed by atoms with Gasteiger partial charge in [0.25, 0.3) is 10.0 Å². The zero-order chi connectivity index (χ0) is 5.54. The topological polar surface area (TPSA) is 18.5 Å². The maximum absolute atomic E-state index is 5.16. The molecule has 0 unspecified atom stereocenters. The molecule has 2 nitrogen and oxygen atoms in total. The molecule has 0 aliphatic heterocycles. The molecule has 43 valence electrons. The van der Waals surface area contributed by atoms with Gasteiger partial charge in [0, 0.05) is 0 Å². The average molecular weight is 151 g/mol. The predicted octanol–water partition coefficient (Wildman–Crippen LogP) is -2.37. The lowest BCUT2D eigenvalue weighted by Gasteiger charge is -1.96. The summed E-state index contributed by atoms with van der Waals surface area (Å²) >= 11 is 0. The molecular formula is C2H11O2Si3. The lowest BCUT2D eigenvalue weighted by molar-refractivity contribution is 0.503. The first kappa shape index (κ1) is 7.57. The molecule has 0 N–H and O–H groups in total. The summed E-state index contributed by atoms with van der Waals surface area (Å²) in [5, 5.41) is 0. The Morgan fingerprint density at radius 2 is 2.43 bits per heavy atom. The van der Waals surface area contributed by atoms with Crippen molar-refractivity contribution in [3.63, 3.8) is 0 Å². The Hall–Kier alpha value is 0.571. The van der Waals surface area contributed by atoms with E-state index in [0.717, 1.165) is 16.5 Å². The molecule has 0 rings (SSSR count). The second-order valence-corrected chi connectivity index (χ2v) is 6.46. The molecule has 0 bridgehead atoms. The van der Waals surface area contributed by atoms with Crippen molar-refractivity contribution in [2.24, 2.45) is 0 Å². The molecule has 0 saturated carbocycles. The van der Waals surface area contributed by atoms with E-state index in [1.807, 2.05) is 0 Å². The summed E-state index contributed by atoms with van der Waals surface area (Å²) in [5.41, 5.74) is 0. The molecule has 7 heavy (non-hydrogen) atoms. The molecule has 0 aromatic rings. The lowest BCUT2D eigenvalue weighted by Crippen LogP contribution is -2.04. The molecule has 0 fully saturated rings. The third kappa shape index (κ3) is 6.57. The molecule has 0 heterocycles. The fraction of sp³-hybridized carbons (Fsp3) is 0.500. The van der Waals surface area contributed by atoms with E-state index in [4.69, 9.17) is 8.23 Å². The highest BCUT2D eigenvalue weighted by Gasteiger charge is 1.80. The quantitative estimate of drug-likeness (QED) is 0.330. The van der Waals surface area contributed by atoms with Crippen LogP contribution in [-0.4, -0.2) is 30.3 Å². The summed E-state index contributed by atoms with van der Waals surface area (Å²) in [6.45, 7) is 3.67. The molecule has 0 amide bonds. The van der Waals surface area contributed by atoms with Crippen molar-refractivity contribution in [2.75, 3.05) is 0 Å². The molecule has 0 aromatic carbocycles. The highest BCUT2D eigenvalue weighted by atomic mass is 28.3. The van der Waals surface area contributed by atoms with Crippen LogP contribution < -0.4 is 0 Å². The molecule has 0 atom stereocenters. The van der Waals surface area contributed by atoms with Crippen LogP contribution in [0.5, 0.6) is 0 Å². The third-order valence-corrected chi connectivity index (χ3v) is 3.54. The van der Waals surface area contributed by atoms with Crippen LogP contribution in [0.25, 0.3) is 0 Å². The molecule has 1 radical (unpaired) electrons. The first-order valence-corrected chi connectivity index (χ1v) is 5.82. The Bertz CT molecular complexity index is 30.1. The standard InChI is InChI=1S/C2H11O2Si3/c1-2-6-4-7-3-5/h1-2,6-7H2,5H3. The van der Waals surface area contributed by atoms with Gasteiger partial charge in [-0.1, -0.05) is 6.92 Å². The zero-order valence-corrected chi connectivity index (χ0v) is 9.47. The molecule has 0 aliphatic carbocycles. The van der Waals surface area contributed by atoms with Crippen molar-refractivity contribution < 1.29 is 8.23 Å². The van der Waals surface area contributed by atoms with E-state index in [9.17, 15) is 0 Å². The third-order valence-electron chi connectivity index (χ3n) is 0.490. The van der Waals surface area contributed by atoms with Crippen molar-refractivity contribution in [1.82, 2.24) is 0 Å². The van der Waals surface area contributed by atoms with Crippen LogP contribution in [0.2, 0.25) is 6.04 Å². The van der Waals surface area contributed by atoms with Gasteiger partial charge in [-0.2, -0.15) is 0 Å². The van der Waals surface area contributed by atoms with E-state index >= 15 is 0 Å². The van der Waals surface area contributed by atoms with E-state index in [2.05, 4.69) is 6.92 Å². The smallest absolute Gasteiger partial charge is 0.282 e. The minimum atomic E-state index is -0.506. The summed E-state index contributed by atoms with van der Waals surface area (Å²) in [6.07, 6.45) is 0. The fourth-order valence-electron chi connectivity index (χ4n) is 0.244. The maximum Gasteiger partial charge on any atom is 0.282 e. The van der Waals surface area contributed by atoms with Gasteiger partial charge in [-0.3, -0.25) is 0 Å². The SMILES string of the molecule is [CH2]C[SiH2]O[SiH2]O[SiH3]. The Morgan fingerprint density at radius 1 is 1.71 bits per heavy atom. The van der Waals surface area contributed by atoms with Crippen LogP contribution in [0.15, 0.2) is 0 Å². The van der Waals surface area contributed by atoms with Gasteiger partial charge >= 0.3 is 0 Å². The van der Waals surface area contributed by atoms with Crippen LogP contribution in [0.3, 0.4) is 0 Å². The van der Waals surface area contributed by atoms with E-state index in [1.54, 1.807) is 0 Å². The Labute approximate surface area is 52.1 Å². The summed E-state index contributed by atoms with van der Waals surface area (Å²) in [6, 6.07) is 0.998. The van der Waals surface area contributed by atoms with Crippen LogP contribution in [-0.2, 0) is 8.23 Å². The minimum Gasteiger partial charge on any atom is -0.449 e. The molecule has 0 spiro atoms. The highest BCUT2D eigenvalue weighted by Crippen LogP contribution is 1.72. The van der Waals surface area contributed by atoms with Gasteiger partial charge in [-0.25, -0.2) is 0 Å². The monoisotopic (exact) mass is 151 g/mol. The molecule has 5 heteroatoms. The molecule has 0 saturated heterocycles. The van der Waals surface area contributed by atoms with E-state index in [-0.39, 0.29) is 9.76 Å². The van der Waals surface area contributed by atoms with Crippen molar-refractivity contribution in [3.8, 4) is 0 Å². The Kier molecular flexibility index (Phi) is 7.11. The van der Waals surface area contributed by atoms with Gasteiger partial charge in [0.1, 0.15) is 20.2 Å². The first-order valence-electron chi connectivity index (χ1n) is 2.27. The number of hydrogen-bond acceptors (Lipinski definition) is 2. The fourth-order valence-corrected chi connectivity index (χ4v) is 3.70. The highest BCUT2D eigenvalue weighted by molar-refractivity contribution is 6.41. The van der Waals surface area contributed by atoms with Crippen LogP contribution in [0.4, 0.5) is 0 Å². The van der Waals surface area contributed by atoms with E-state index < -0.39 is 10.0 Å². The van der Waals surface area contributed by atoms with Crippen molar-refractivity contribution >= 4 is 30.3 Å². The molecule has 0 aliphatic rings. The first-order chi connectivity index (χ1) is 3.41. The van der Waals surface area contributed by atoms with Gasteiger partial charge in [0.05, 0.1) is 0 Å². The predicted molar refractivity (Wildman–Crippen MR) is 39.4 cm³/mol. The van der Waals surface area contributed by atoms with Crippen LogP contribution >= 0.6 is 0 Å². The average Bonchev–Trinajstić information content (AvgIpc) is 1.69. The van der Waals surface area contributed by atoms with Gasteiger partial charge in [-0.05, 0) is 6.04 Å². The van der Waals surface area contributed by atoms with E-state index in [0.29, 0.717) is 0 Å². The molecular weight excluding hydrogens is 140 g/mol. The minimum absolute atomic E-state index is 0.241. The van der Waals surface area contributed by atoms with Crippen molar-refractivity contribution in [3.05, 3.63) is 6.92 Å². The zero-order valence-electron chi connectivity index (χ0n) is 4.64. The second-order valence-electron chi connectivity index (χ2n) is 1.17. The van der Waals surface area contributed by atoms with Crippen molar-refractivity contribution in [1.29, 1.82) is 0 Å². The van der Waals surface area contributed by atoms with Crippen LogP contribution in [0, 0.1) is 6.92 Å². The largest absolute Gasteiger partial charge is 0.449 e. The number of hydrogen-bond donors (Lipinski definition) is 0. The molecule has 0 aromatic heterocycles. The lowest BCUT2D eigenvalue weighted by atomic mass is 11.0. The summed E-state index contributed by atoms with van der Waals surface area (Å²) in [5.74, 6) is 0. The Morgan fingerprint density at radius 3 is 2.86 bits per heavy atom. The van der Waals surface area contributed by atoms with E-state index in [1.165, 1.54) is 0 Å².